The molecule has 0 radical (unpaired) electrons. The van der Waals surface area contributed by atoms with Crippen molar-refractivity contribution in [3.8, 4) is 0 Å². The number of para-hydroxylation sites is 1. The second kappa shape index (κ2) is 3.10. The van der Waals surface area contributed by atoms with Gasteiger partial charge in [-0.3, -0.25) is 9.59 Å². The molecular formula is C11H9NO2. The molecular weight excluding hydrogens is 178 g/mol. The maximum Gasteiger partial charge on any atom is 0.190 e. The summed E-state index contributed by atoms with van der Waals surface area (Å²) in [7, 11) is 0. The number of H-pyrrole nitrogens is 1. The maximum absolute atomic E-state index is 11.5. The molecule has 0 unspecified atom stereocenters. The predicted molar refractivity (Wildman–Crippen MR) is 54.7 cm³/mol. The molecule has 0 spiro atoms. The van der Waals surface area contributed by atoms with Gasteiger partial charge in [-0.25, -0.2) is 0 Å². The lowest BCUT2D eigenvalue weighted by Crippen LogP contribution is -2.05. The Morgan fingerprint density at radius 3 is 2.86 bits per heavy atom. The number of benzene rings is 1. The van der Waals surface area contributed by atoms with Crippen LogP contribution in [0.4, 0.5) is 0 Å². The lowest BCUT2D eigenvalue weighted by atomic mass is 10.1. The highest BCUT2D eigenvalue weighted by Gasteiger charge is 2.02. The van der Waals surface area contributed by atoms with Gasteiger partial charge in [-0.2, -0.15) is 0 Å². The van der Waals surface area contributed by atoms with E-state index in [1.54, 1.807) is 6.07 Å². The van der Waals surface area contributed by atoms with Gasteiger partial charge in [0.25, 0.3) is 0 Å². The van der Waals surface area contributed by atoms with Crippen LogP contribution in [-0.4, -0.2) is 11.3 Å². The Morgan fingerprint density at radius 2 is 2.14 bits per heavy atom. The van der Waals surface area contributed by atoms with Gasteiger partial charge in [0, 0.05) is 11.5 Å². The van der Waals surface area contributed by atoms with Gasteiger partial charge in [0.1, 0.15) is 0 Å². The smallest absolute Gasteiger partial charge is 0.190 e. The minimum absolute atomic E-state index is 0.121. The summed E-state index contributed by atoms with van der Waals surface area (Å²) >= 11 is 0. The zero-order chi connectivity index (χ0) is 10.1. The number of nitrogens with one attached hydrogen (secondary N) is 1. The average molecular weight is 187 g/mol. The molecule has 0 aliphatic rings. The van der Waals surface area contributed by atoms with E-state index < -0.39 is 0 Å². The zero-order valence-corrected chi connectivity index (χ0v) is 7.70. The molecule has 70 valence electrons. The van der Waals surface area contributed by atoms with E-state index in [-0.39, 0.29) is 5.43 Å². The van der Waals surface area contributed by atoms with Crippen molar-refractivity contribution < 1.29 is 4.79 Å². The fraction of sp³-hybridized carbons (Fsp3) is 0.0909. The van der Waals surface area contributed by atoms with Crippen molar-refractivity contribution in [3.63, 3.8) is 0 Å². The van der Waals surface area contributed by atoms with Gasteiger partial charge >= 0.3 is 0 Å². The van der Waals surface area contributed by atoms with Gasteiger partial charge in [-0.05, 0) is 18.6 Å². The second-order valence-electron chi connectivity index (χ2n) is 3.20. The van der Waals surface area contributed by atoms with Gasteiger partial charge in [0.2, 0.25) is 0 Å². The second-order valence-corrected chi connectivity index (χ2v) is 3.20. The number of hydrogen-bond acceptors (Lipinski definition) is 2. The number of rotatable bonds is 1. The third-order valence-corrected chi connectivity index (χ3v) is 2.22. The Hall–Kier alpha value is -1.90. The molecule has 0 atom stereocenters. The fourth-order valence-electron chi connectivity index (χ4n) is 1.50. The molecule has 2 rings (SSSR count). The Labute approximate surface area is 80.4 Å². The molecule has 3 nitrogen and oxygen atoms in total. The molecule has 3 heteroatoms. The van der Waals surface area contributed by atoms with E-state index >= 15 is 0 Å². The Morgan fingerprint density at radius 1 is 1.36 bits per heavy atom. The number of aromatic amines is 1. The molecule has 14 heavy (non-hydrogen) atoms. The van der Waals surface area contributed by atoms with E-state index in [9.17, 15) is 9.59 Å². The number of carbonyl (C=O) groups excluding carboxylic acids is 1. The van der Waals surface area contributed by atoms with Gasteiger partial charge < -0.3 is 4.98 Å². The van der Waals surface area contributed by atoms with Crippen LogP contribution in [0.5, 0.6) is 0 Å². The molecule has 2 aromatic rings. The standard InChI is InChI=1S/C11H9NO2/c1-7-3-2-4-9-10(14)5-8(6-13)12-11(7)9/h2-6H,1H3,(H,12,14). The third kappa shape index (κ3) is 1.23. The summed E-state index contributed by atoms with van der Waals surface area (Å²) in [5, 5.41) is 0.621. The molecule has 1 aromatic carbocycles. The molecule has 1 heterocycles. The van der Waals surface area contributed by atoms with Crippen LogP contribution in [0.2, 0.25) is 0 Å². The summed E-state index contributed by atoms with van der Waals surface area (Å²) in [6.07, 6.45) is 0.646. The quantitative estimate of drug-likeness (QED) is 0.690. The van der Waals surface area contributed by atoms with Crippen molar-refractivity contribution in [2.24, 2.45) is 0 Å². The van der Waals surface area contributed by atoms with Gasteiger partial charge in [-0.1, -0.05) is 12.1 Å². The van der Waals surface area contributed by atoms with E-state index in [0.29, 0.717) is 17.4 Å². The van der Waals surface area contributed by atoms with Crippen molar-refractivity contribution in [2.45, 2.75) is 6.92 Å². The van der Waals surface area contributed by atoms with Crippen molar-refractivity contribution in [1.82, 2.24) is 4.98 Å². The summed E-state index contributed by atoms with van der Waals surface area (Å²) in [5.41, 5.74) is 1.90. The Balaban J connectivity index is 2.97. The highest BCUT2D eigenvalue weighted by atomic mass is 16.1. The number of hydrogen-bond donors (Lipinski definition) is 1. The van der Waals surface area contributed by atoms with E-state index in [1.165, 1.54) is 6.07 Å². The maximum atomic E-state index is 11.5. The first kappa shape index (κ1) is 8.69. The largest absolute Gasteiger partial charge is 0.352 e. The first-order valence-electron chi connectivity index (χ1n) is 4.30. The molecule has 0 saturated heterocycles. The minimum Gasteiger partial charge on any atom is -0.352 e. The zero-order valence-electron chi connectivity index (χ0n) is 7.70. The summed E-state index contributed by atoms with van der Waals surface area (Å²) in [6.45, 7) is 1.90. The normalized spacial score (nSPS) is 10.4. The summed E-state index contributed by atoms with van der Waals surface area (Å²) in [4.78, 5) is 25.0. The summed E-state index contributed by atoms with van der Waals surface area (Å²) in [5.74, 6) is 0. The number of fused-ring (bicyclic) bond motifs is 1. The van der Waals surface area contributed by atoms with Crippen LogP contribution < -0.4 is 5.43 Å². The predicted octanol–water partition coefficient (Wildman–Crippen LogP) is 1.65. The van der Waals surface area contributed by atoms with Crippen LogP contribution in [0.25, 0.3) is 10.9 Å². The molecule has 0 fully saturated rings. The molecule has 0 bridgehead atoms. The van der Waals surface area contributed by atoms with Gasteiger partial charge in [0.15, 0.2) is 11.7 Å². The lowest BCUT2D eigenvalue weighted by molar-refractivity contribution is 0.111. The number of carbonyl (C=O) groups is 1. The number of aromatic nitrogens is 1. The Bertz CT molecular complexity index is 555. The summed E-state index contributed by atoms with van der Waals surface area (Å²) in [6, 6.07) is 6.78. The van der Waals surface area contributed by atoms with Gasteiger partial charge in [0.05, 0.1) is 11.2 Å². The van der Waals surface area contributed by atoms with Gasteiger partial charge in [-0.15, -0.1) is 0 Å². The fourth-order valence-corrected chi connectivity index (χ4v) is 1.50. The van der Waals surface area contributed by atoms with E-state index in [4.69, 9.17) is 0 Å². The topological polar surface area (TPSA) is 49.9 Å². The highest BCUT2D eigenvalue weighted by Crippen LogP contribution is 2.12. The van der Waals surface area contributed by atoms with Crippen LogP contribution in [0.3, 0.4) is 0 Å². The van der Waals surface area contributed by atoms with Crippen molar-refractivity contribution in [2.75, 3.05) is 0 Å². The Kier molecular flexibility index (Phi) is 1.93. The average Bonchev–Trinajstić information content (AvgIpc) is 2.19. The van der Waals surface area contributed by atoms with Crippen molar-refractivity contribution in [1.29, 1.82) is 0 Å². The molecule has 0 saturated carbocycles. The molecule has 1 aromatic heterocycles. The number of aldehydes is 1. The van der Waals surface area contributed by atoms with Crippen LogP contribution in [0.1, 0.15) is 16.1 Å². The van der Waals surface area contributed by atoms with E-state index in [1.807, 2.05) is 19.1 Å². The van der Waals surface area contributed by atoms with E-state index in [2.05, 4.69) is 4.98 Å². The van der Waals surface area contributed by atoms with Crippen LogP contribution in [-0.2, 0) is 0 Å². The molecule has 0 aliphatic carbocycles. The monoisotopic (exact) mass is 187 g/mol. The van der Waals surface area contributed by atoms with Crippen LogP contribution in [0, 0.1) is 6.92 Å². The molecule has 0 aliphatic heterocycles. The molecule has 0 amide bonds. The third-order valence-electron chi connectivity index (χ3n) is 2.22. The highest BCUT2D eigenvalue weighted by molar-refractivity contribution is 5.85. The summed E-state index contributed by atoms with van der Waals surface area (Å²) < 4.78 is 0. The van der Waals surface area contributed by atoms with Crippen molar-refractivity contribution in [3.05, 3.63) is 45.7 Å². The number of aryl methyl sites for hydroxylation is 1. The van der Waals surface area contributed by atoms with Crippen LogP contribution >= 0.6 is 0 Å². The molecule has 1 N–H and O–H groups in total. The number of pyridine rings is 1. The van der Waals surface area contributed by atoms with Crippen LogP contribution in [0.15, 0.2) is 29.1 Å². The first-order valence-corrected chi connectivity index (χ1v) is 4.30. The van der Waals surface area contributed by atoms with E-state index in [0.717, 1.165) is 11.1 Å². The lowest BCUT2D eigenvalue weighted by Gasteiger charge is -2.01. The minimum atomic E-state index is -0.121. The van der Waals surface area contributed by atoms with Crippen molar-refractivity contribution >= 4 is 17.2 Å². The SMILES string of the molecule is Cc1cccc2c(=O)cc(C=O)[nH]c12. The first-order chi connectivity index (χ1) is 6.72.